The molecule has 1 saturated carbocycles. The molecule has 21 heavy (non-hydrogen) atoms. The molecule has 1 aliphatic rings. The van der Waals surface area contributed by atoms with Crippen molar-refractivity contribution in [3.05, 3.63) is 34.2 Å². The van der Waals surface area contributed by atoms with Crippen molar-refractivity contribution in [3.63, 3.8) is 0 Å². The molecule has 1 aliphatic carbocycles. The second-order valence-electron chi connectivity index (χ2n) is 6.30. The zero-order valence-electron chi connectivity index (χ0n) is 12.8. The van der Waals surface area contributed by atoms with E-state index in [2.05, 4.69) is 12.1 Å². The highest BCUT2D eigenvalue weighted by molar-refractivity contribution is 6.21. The molecule has 0 radical (unpaired) electrons. The monoisotopic (exact) mass is 306 g/mol. The molecule has 1 atom stereocenters. The Labute approximate surface area is 130 Å². The molecule has 2 aromatic rings. The number of imidazole rings is 1. The number of aryl methyl sites for hydroxylation is 2. The predicted molar refractivity (Wildman–Crippen MR) is 87.9 cm³/mol. The molecule has 1 heterocycles. The largest absolute Gasteiger partial charge is 0.328 e. The standard InChI is InChI=1S/C17H23ClN2O/c1-19-14-10-9-13(11-15(14)20(2)17(19)21)16(18)12-7-5-3-4-6-8-12/h9-12,16H,3-8H2,1-2H3. The van der Waals surface area contributed by atoms with Crippen molar-refractivity contribution < 1.29 is 0 Å². The van der Waals surface area contributed by atoms with Gasteiger partial charge < -0.3 is 0 Å². The number of halogens is 1. The van der Waals surface area contributed by atoms with Gasteiger partial charge in [-0.3, -0.25) is 9.13 Å². The number of fused-ring (bicyclic) bond motifs is 1. The summed E-state index contributed by atoms with van der Waals surface area (Å²) in [6.07, 6.45) is 7.71. The van der Waals surface area contributed by atoms with Gasteiger partial charge in [-0.05, 0) is 36.5 Å². The van der Waals surface area contributed by atoms with Gasteiger partial charge in [-0.1, -0.05) is 31.7 Å². The number of aromatic nitrogens is 2. The summed E-state index contributed by atoms with van der Waals surface area (Å²) in [6, 6.07) is 6.21. The first kappa shape index (κ1) is 14.7. The van der Waals surface area contributed by atoms with Crippen molar-refractivity contribution in [1.82, 2.24) is 9.13 Å². The third kappa shape index (κ3) is 2.64. The number of hydrogen-bond donors (Lipinski definition) is 0. The Morgan fingerprint density at radius 2 is 1.67 bits per heavy atom. The van der Waals surface area contributed by atoms with Gasteiger partial charge in [0.25, 0.3) is 0 Å². The first-order valence-corrected chi connectivity index (χ1v) is 8.32. The van der Waals surface area contributed by atoms with Gasteiger partial charge >= 0.3 is 5.69 Å². The number of rotatable bonds is 2. The molecule has 0 aliphatic heterocycles. The van der Waals surface area contributed by atoms with E-state index in [0.29, 0.717) is 5.92 Å². The lowest BCUT2D eigenvalue weighted by Gasteiger charge is -2.21. The summed E-state index contributed by atoms with van der Waals surface area (Å²) in [5, 5.41) is 0.0582. The van der Waals surface area contributed by atoms with E-state index in [4.69, 9.17) is 11.6 Å². The zero-order chi connectivity index (χ0) is 15.0. The first-order valence-electron chi connectivity index (χ1n) is 7.89. The highest BCUT2D eigenvalue weighted by Gasteiger charge is 2.23. The summed E-state index contributed by atoms with van der Waals surface area (Å²) in [5.41, 5.74) is 3.11. The lowest BCUT2D eigenvalue weighted by molar-refractivity contribution is 0.445. The summed E-state index contributed by atoms with van der Waals surface area (Å²) in [7, 11) is 3.64. The summed E-state index contributed by atoms with van der Waals surface area (Å²) in [6.45, 7) is 0. The van der Waals surface area contributed by atoms with Crippen LogP contribution in [0.15, 0.2) is 23.0 Å². The SMILES string of the molecule is Cn1c(=O)n(C)c2cc(C(Cl)C3CCCCCC3)ccc21. The van der Waals surface area contributed by atoms with Gasteiger partial charge in [-0.2, -0.15) is 0 Å². The molecule has 114 valence electrons. The minimum atomic E-state index is 0.0164. The Kier molecular flexibility index (Phi) is 4.12. The maximum Gasteiger partial charge on any atom is 0.328 e. The Morgan fingerprint density at radius 1 is 1.05 bits per heavy atom. The van der Waals surface area contributed by atoms with E-state index in [1.54, 1.807) is 9.13 Å². The fourth-order valence-electron chi connectivity index (χ4n) is 3.57. The van der Waals surface area contributed by atoms with Crippen LogP contribution in [0.4, 0.5) is 0 Å². The maximum atomic E-state index is 12.0. The zero-order valence-corrected chi connectivity index (χ0v) is 13.6. The van der Waals surface area contributed by atoms with E-state index in [1.165, 1.54) is 38.5 Å². The fraction of sp³-hybridized carbons (Fsp3) is 0.588. The lowest BCUT2D eigenvalue weighted by Crippen LogP contribution is -2.19. The smallest absolute Gasteiger partial charge is 0.295 e. The molecule has 3 rings (SSSR count). The molecule has 4 heteroatoms. The molecule has 1 fully saturated rings. The Bertz CT molecular complexity index is 693. The van der Waals surface area contributed by atoms with Gasteiger partial charge in [0.05, 0.1) is 16.4 Å². The van der Waals surface area contributed by atoms with Gasteiger partial charge in [0, 0.05) is 14.1 Å². The molecule has 1 aromatic heterocycles. The number of nitrogens with zero attached hydrogens (tertiary/aromatic N) is 2. The van der Waals surface area contributed by atoms with Crippen LogP contribution in [-0.4, -0.2) is 9.13 Å². The van der Waals surface area contributed by atoms with Crippen LogP contribution >= 0.6 is 11.6 Å². The molecule has 0 bridgehead atoms. The Morgan fingerprint density at radius 3 is 2.33 bits per heavy atom. The van der Waals surface area contributed by atoms with Crippen LogP contribution in [0.1, 0.15) is 49.5 Å². The number of alkyl halides is 1. The average Bonchev–Trinajstić information content (AvgIpc) is 2.74. The second-order valence-corrected chi connectivity index (χ2v) is 6.77. The van der Waals surface area contributed by atoms with Gasteiger partial charge in [0.1, 0.15) is 0 Å². The first-order chi connectivity index (χ1) is 10.1. The minimum Gasteiger partial charge on any atom is -0.295 e. The van der Waals surface area contributed by atoms with E-state index in [9.17, 15) is 4.79 Å². The normalized spacial score (nSPS) is 18.8. The highest BCUT2D eigenvalue weighted by Crippen LogP contribution is 2.38. The average molecular weight is 307 g/mol. The Balaban J connectivity index is 1.96. The molecule has 0 spiro atoms. The van der Waals surface area contributed by atoms with Gasteiger partial charge in [0.2, 0.25) is 0 Å². The van der Waals surface area contributed by atoms with Crippen LogP contribution in [0.25, 0.3) is 11.0 Å². The van der Waals surface area contributed by atoms with Gasteiger partial charge in [-0.15, -0.1) is 11.6 Å². The summed E-state index contributed by atoms with van der Waals surface area (Å²) < 4.78 is 3.39. The third-order valence-electron chi connectivity index (χ3n) is 4.93. The van der Waals surface area contributed by atoms with Crippen molar-refractivity contribution in [1.29, 1.82) is 0 Å². The van der Waals surface area contributed by atoms with Crippen molar-refractivity contribution in [2.24, 2.45) is 20.0 Å². The molecular formula is C17H23ClN2O. The van der Waals surface area contributed by atoms with Gasteiger partial charge in [0.15, 0.2) is 0 Å². The third-order valence-corrected chi connectivity index (χ3v) is 5.54. The minimum absolute atomic E-state index is 0.0164. The topological polar surface area (TPSA) is 26.9 Å². The van der Waals surface area contributed by atoms with Crippen LogP contribution in [-0.2, 0) is 14.1 Å². The van der Waals surface area contributed by atoms with E-state index in [0.717, 1.165) is 16.6 Å². The second kappa shape index (κ2) is 5.88. The molecular weight excluding hydrogens is 284 g/mol. The van der Waals surface area contributed by atoms with Crippen molar-refractivity contribution in [3.8, 4) is 0 Å². The molecule has 0 N–H and O–H groups in total. The quantitative estimate of drug-likeness (QED) is 0.605. The van der Waals surface area contributed by atoms with E-state index >= 15 is 0 Å². The van der Waals surface area contributed by atoms with Crippen LogP contribution in [0, 0.1) is 5.92 Å². The summed E-state index contributed by atoms with van der Waals surface area (Å²) in [4.78, 5) is 12.0. The van der Waals surface area contributed by atoms with E-state index < -0.39 is 0 Å². The Hall–Kier alpha value is -1.22. The van der Waals surface area contributed by atoms with Gasteiger partial charge in [-0.25, -0.2) is 4.79 Å². The molecule has 3 nitrogen and oxygen atoms in total. The highest BCUT2D eigenvalue weighted by atomic mass is 35.5. The number of hydrogen-bond acceptors (Lipinski definition) is 1. The van der Waals surface area contributed by atoms with Crippen LogP contribution < -0.4 is 5.69 Å². The van der Waals surface area contributed by atoms with Crippen molar-refractivity contribution in [2.75, 3.05) is 0 Å². The predicted octanol–water partition coefficient (Wildman–Crippen LogP) is 4.13. The molecule has 1 unspecified atom stereocenters. The van der Waals surface area contributed by atoms with Crippen LogP contribution in [0.3, 0.4) is 0 Å². The molecule has 1 aromatic carbocycles. The van der Waals surface area contributed by atoms with Crippen molar-refractivity contribution >= 4 is 22.6 Å². The summed E-state index contributed by atoms with van der Waals surface area (Å²) >= 11 is 6.76. The van der Waals surface area contributed by atoms with E-state index in [1.807, 2.05) is 20.2 Å². The molecule has 0 amide bonds. The molecule has 0 saturated heterocycles. The lowest BCUT2D eigenvalue weighted by atomic mass is 9.92. The van der Waals surface area contributed by atoms with E-state index in [-0.39, 0.29) is 11.1 Å². The number of benzene rings is 1. The summed E-state index contributed by atoms with van der Waals surface area (Å²) in [5.74, 6) is 0.562. The fourth-order valence-corrected chi connectivity index (χ4v) is 3.96. The van der Waals surface area contributed by atoms with Crippen molar-refractivity contribution in [2.45, 2.75) is 43.9 Å². The van der Waals surface area contributed by atoms with Crippen LogP contribution in [0.2, 0.25) is 0 Å². The maximum absolute atomic E-state index is 12.0. The van der Waals surface area contributed by atoms with Crippen LogP contribution in [0.5, 0.6) is 0 Å².